The molecule has 10 nitrogen and oxygen atoms in total. The van der Waals surface area contributed by atoms with Crippen LogP contribution in [0.5, 0.6) is 0 Å². The smallest absolute Gasteiger partial charge is 0.340 e. The van der Waals surface area contributed by atoms with E-state index in [0.29, 0.717) is 6.42 Å². The minimum absolute atomic E-state index is 0.00262. The third-order valence-corrected chi connectivity index (χ3v) is 5.39. The largest absolute Gasteiger partial charge is 0.459 e. The number of amides is 2. The lowest BCUT2D eigenvalue weighted by Gasteiger charge is -2.10. The molecule has 0 aliphatic carbocycles. The van der Waals surface area contributed by atoms with Gasteiger partial charge in [-0.05, 0) is 48.4 Å². The Hall–Kier alpha value is -3.96. The molecule has 0 unspecified atom stereocenters. The van der Waals surface area contributed by atoms with Crippen LogP contribution >= 0.6 is 0 Å². The average molecular weight is 471 g/mol. The van der Waals surface area contributed by atoms with Crippen molar-refractivity contribution in [1.82, 2.24) is 5.32 Å². The highest BCUT2D eigenvalue weighted by Gasteiger charge is 2.17. The van der Waals surface area contributed by atoms with Gasteiger partial charge in [-0.15, -0.1) is 0 Å². The first kappa shape index (κ1) is 23.7. The number of nitrogens with two attached hydrogens (primary N) is 1. The van der Waals surface area contributed by atoms with Crippen LogP contribution in [0.2, 0.25) is 0 Å². The molecule has 1 heterocycles. The lowest BCUT2D eigenvalue weighted by molar-refractivity contribution is -0.124. The fourth-order valence-electron chi connectivity index (χ4n) is 2.81. The van der Waals surface area contributed by atoms with Gasteiger partial charge in [-0.2, -0.15) is 0 Å². The number of hydrogen-bond donors (Lipinski definition) is 3. The molecule has 1 aromatic heterocycles. The molecule has 172 valence electrons. The van der Waals surface area contributed by atoms with Crippen LogP contribution in [0, 0.1) is 0 Å². The number of rotatable bonds is 9. The van der Waals surface area contributed by atoms with Gasteiger partial charge in [0.15, 0.2) is 12.4 Å². The van der Waals surface area contributed by atoms with E-state index in [9.17, 15) is 22.8 Å². The van der Waals surface area contributed by atoms with Gasteiger partial charge < -0.3 is 19.8 Å². The zero-order valence-corrected chi connectivity index (χ0v) is 18.1. The predicted molar refractivity (Wildman–Crippen MR) is 118 cm³/mol. The van der Waals surface area contributed by atoms with Crippen molar-refractivity contribution in [2.45, 2.75) is 11.3 Å². The number of primary sulfonamides is 1. The van der Waals surface area contributed by atoms with E-state index in [2.05, 4.69) is 10.6 Å². The molecule has 0 atom stereocenters. The second kappa shape index (κ2) is 10.6. The van der Waals surface area contributed by atoms with Crippen molar-refractivity contribution in [1.29, 1.82) is 0 Å². The normalized spacial score (nSPS) is 10.9. The maximum Gasteiger partial charge on any atom is 0.340 e. The Labute approximate surface area is 189 Å². The first-order valence-electron chi connectivity index (χ1n) is 9.73. The van der Waals surface area contributed by atoms with Gasteiger partial charge in [0.1, 0.15) is 0 Å². The summed E-state index contributed by atoms with van der Waals surface area (Å²) in [7, 11) is -3.76. The first-order valence-corrected chi connectivity index (χ1v) is 11.3. The van der Waals surface area contributed by atoms with Gasteiger partial charge in [0.2, 0.25) is 10.0 Å². The van der Waals surface area contributed by atoms with E-state index in [4.69, 9.17) is 14.3 Å². The Morgan fingerprint density at radius 3 is 2.36 bits per heavy atom. The van der Waals surface area contributed by atoms with Crippen molar-refractivity contribution >= 4 is 33.5 Å². The number of benzene rings is 2. The number of sulfonamides is 1. The van der Waals surface area contributed by atoms with Gasteiger partial charge in [-0.3, -0.25) is 9.59 Å². The number of carbonyl (C=O) groups excluding carboxylic acids is 3. The molecule has 11 heteroatoms. The molecule has 0 aliphatic heterocycles. The monoisotopic (exact) mass is 471 g/mol. The fraction of sp³-hybridized carbons (Fsp3) is 0.136. The summed E-state index contributed by atoms with van der Waals surface area (Å²) in [6.45, 7) is -0.259. The van der Waals surface area contributed by atoms with Gasteiger partial charge in [-0.25, -0.2) is 18.4 Å². The number of ether oxygens (including phenoxy) is 1. The summed E-state index contributed by atoms with van der Waals surface area (Å²) in [4.78, 5) is 36.6. The average Bonchev–Trinajstić information content (AvgIpc) is 3.33. The summed E-state index contributed by atoms with van der Waals surface area (Å²) in [5.74, 6) is -1.74. The zero-order chi connectivity index (χ0) is 23.8. The van der Waals surface area contributed by atoms with E-state index in [1.807, 2.05) is 0 Å². The molecule has 0 saturated carbocycles. The van der Waals surface area contributed by atoms with Crippen molar-refractivity contribution in [3.63, 3.8) is 0 Å². The summed E-state index contributed by atoms with van der Waals surface area (Å²) in [6.07, 6.45) is 1.79. The number of anilines is 1. The highest BCUT2D eigenvalue weighted by atomic mass is 32.2. The maximum atomic E-state index is 12.4. The summed E-state index contributed by atoms with van der Waals surface area (Å²) in [5.41, 5.74) is 1.09. The summed E-state index contributed by atoms with van der Waals surface area (Å²) in [5, 5.41) is 10.2. The highest BCUT2D eigenvalue weighted by molar-refractivity contribution is 7.89. The van der Waals surface area contributed by atoms with E-state index in [1.165, 1.54) is 36.6 Å². The second-order valence-corrected chi connectivity index (χ2v) is 8.40. The molecule has 0 saturated heterocycles. The predicted octanol–water partition coefficient (Wildman–Crippen LogP) is 1.69. The molecule has 0 bridgehead atoms. The zero-order valence-electron chi connectivity index (χ0n) is 17.3. The Bertz CT molecular complexity index is 1240. The third-order valence-electron chi connectivity index (χ3n) is 4.46. The lowest BCUT2D eigenvalue weighted by Crippen LogP contribution is -2.30. The number of esters is 1. The van der Waals surface area contributed by atoms with Gasteiger partial charge in [0, 0.05) is 6.54 Å². The molecule has 0 fully saturated rings. The Balaban J connectivity index is 1.48. The second-order valence-electron chi connectivity index (χ2n) is 6.84. The van der Waals surface area contributed by atoms with E-state index in [0.717, 1.165) is 5.56 Å². The molecule has 4 N–H and O–H groups in total. The van der Waals surface area contributed by atoms with Crippen LogP contribution < -0.4 is 15.8 Å². The molecule has 3 aromatic rings. The van der Waals surface area contributed by atoms with Crippen molar-refractivity contribution < 1.29 is 32.0 Å². The van der Waals surface area contributed by atoms with Crippen LogP contribution in [0.15, 0.2) is 76.2 Å². The molecule has 2 amide bonds. The summed E-state index contributed by atoms with van der Waals surface area (Å²) < 4.78 is 32.6. The minimum Gasteiger partial charge on any atom is -0.459 e. The number of para-hydroxylation sites is 1. The fourth-order valence-corrected chi connectivity index (χ4v) is 3.33. The maximum absolute atomic E-state index is 12.4. The van der Waals surface area contributed by atoms with E-state index >= 15 is 0 Å². The Morgan fingerprint density at radius 1 is 0.970 bits per heavy atom. The van der Waals surface area contributed by atoms with Crippen LogP contribution in [-0.2, 0) is 26.0 Å². The lowest BCUT2D eigenvalue weighted by atomic mass is 10.1. The van der Waals surface area contributed by atoms with Gasteiger partial charge >= 0.3 is 5.97 Å². The number of carbonyl (C=O) groups is 3. The topological polar surface area (TPSA) is 158 Å². The SMILES string of the molecule is NS(=O)(=O)c1ccc(CCNC(=O)COC(=O)c2ccccc2NC(=O)c2ccco2)cc1. The first-order chi connectivity index (χ1) is 15.7. The van der Waals surface area contributed by atoms with Crippen molar-refractivity contribution in [3.05, 3.63) is 83.8 Å². The molecule has 33 heavy (non-hydrogen) atoms. The molecule has 2 aromatic carbocycles. The minimum atomic E-state index is -3.76. The van der Waals surface area contributed by atoms with Gasteiger partial charge in [0.05, 0.1) is 22.4 Å². The van der Waals surface area contributed by atoms with E-state index in [1.54, 1.807) is 30.3 Å². The van der Waals surface area contributed by atoms with Crippen LogP contribution in [0.25, 0.3) is 0 Å². The Kier molecular flexibility index (Phi) is 7.59. The van der Waals surface area contributed by atoms with Gasteiger partial charge in [-0.1, -0.05) is 24.3 Å². The highest BCUT2D eigenvalue weighted by Crippen LogP contribution is 2.17. The van der Waals surface area contributed by atoms with E-state index in [-0.39, 0.29) is 28.5 Å². The van der Waals surface area contributed by atoms with Gasteiger partial charge in [0.25, 0.3) is 11.8 Å². The molecule has 0 radical (unpaired) electrons. The molecule has 0 aliphatic rings. The molecule has 3 rings (SSSR count). The number of hydrogen-bond acceptors (Lipinski definition) is 7. The summed E-state index contributed by atoms with van der Waals surface area (Å²) >= 11 is 0. The van der Waals surface area contributed by atoms with Crippen molar-refractivity contribution in [3.8, 4) is 0 Å². The third kappa shape index (κ3) is 6.76. The van der Waals surface area contributed by atoms with Crippen LogP contribution in [0.3, 0.4) is 0 Å². The van der Waals surface area contributed by atoms with Crippen LogP contribution in [-0.4, -0.2) is 39.4 Å². The quantitative estimate of drug-likeness (QED) is 0.401. The number of furan rings is 1. The standard InChI is InChI=1S/C22H21N3O7S/c23-33(29,30)16-9-7-15(8-10-16)11-12-24-20(26)14-32-22(28)17-4-1-2-5-18(17)25-21(27)19-6-3-13-31-19/h1-10,13H,11-12,14H2,(H,24,26)(H,25,27)(H2,23,29,30). The van der Waals surface area contributed by atoms with E-state index < -0.39 is 34.4 Å². The van der Waals surface area contributed by atoms with Crippen LogP contribution in [0.1, 0.15) is 26.5 Å². The molecule has 0 spiro atoms. The molecular formula is C22H21N3O7S. The number of nitrogens with one attached hydrogen (secondary N) is 2. The summed E-state index contributed by atoms with van der Waals surface area (Å²) in [6, 6.07) is 15.2. The van der Waals surface area contributed by atoms with Crippen molar-refractivity contribution in [2.75, 3.05) is 18.5 Å². The van der Waals surface area contributed by atoms with Crippen LogP contribution in [0.4, 0.5) is 5.69 Å². The van der Waals surface area contributed by atoms with Crippen molar-refractivity contribution in [2.24, 2.45) is 5.14 Å². The Morgan fingerprint density at radius 2 is 1.70 bits per heavy atom. The molecular weight excluding hydrogens is 450 g/mol.